The van der Waals surface area contributed by atoms with Gasteiger partial charge in [0.05, 0.1) is 0 Å². The van der Waals surface area contributed by atoms with Gasteiger partial charge < -0.3 is 19.4 Å². The number of rotatable bonds is 9. The summed E-state index contributed by atoms with van der Waals surface area (Å²) in [4.78, 5) is 0. The zero-order chi connectivity index (χ0) is 23.1. The van der Waals surface area contributed by atoms with Crippen LogP contribution in [-0.2, 0) is 33.3 Å². The van der Waals surface area contributed by atoms with Crippen molar-refractivity contribution in [3.8, 4) is 0 Å². The van der Waals surface area contributed by atoms with Crippen LogP contribution in [0.15, 0.2) is 60.7 Å². The van der Waals surface area contributed by atoms with Crippen LogP contribution in [0.4, 0.5) is 0 Å². The molecule has 2 aromatic rings. The molecular formula is C29H40N2Pd. The normalized spacial score (nSPS) is 11.9. The number of hydrogen-bond acceptors (Lipinski definition) is 0. The van der Waals surface area contributed by atoms with E-state index in [4.69, 9.17) is 0 Å². The summed E-state index contributed by atoms with van der Waals surface area (Å²) in [5.74, 6) is 0. The molecule has 3 rings (SSSR count). The van der Waals surface area contributed by atoms with Crippen molar-refractivity contribution in [3.63, 3.8) is 0 Å². The monoisotopic (exact) mass is 522 g/mol. The largest absolute Gasteiger partial charge is 2.00 e. The SMILES string of the molecule is CCCCCc1cccc(C2=CC=C(c3cccc(CCCC)c3)[N+]2=[N-])c1.[CH2-]C.[CH2-]C.[Pd+2]. The van der Waals surface area contributed by atoms with Gasteiger partial charge >= 0.3 is 20.4 Å². The average molecular weight is 523 g/mol. The molecule has 0 unspecified atom stereocenters. The van der Waals surface area contributed by atoms with Gasteiger partial charge in [0.25, 0.3) is 0 Å². The second-order valence-electron chi connectivity index (χ2n) is 7.38. The Morgan fingerprint density at radius 1 is 0.688 bits per heavy atom. The second kappa shape index (κ2) is 17.7. The minimum Gasteiger partial charge on any atom is -0.493 e. The quantitative estimate of drug-likeness (QED) is 0.136. The van der Waals surface area contributed by atoms with Crippen molar-refractivity contribution >= 4 is 11.4 Å². The minimum absolute atomic E-state index is 0. The summed E-state index contributed by atoms with van der Waals surface area (Å²) >= 11 is 0. The Balaban J connectivity index is 0.00000182. The Morgan fingerprint density at radius 3 is 1.56 bits per heavy atom. The van der Waals surface area contributed by atoms with Crippen molar-refractivity contribution in [2.24, 2.45) is 0 Å². The molecule has 0 saturated carbocycles. The summed E-state index contributed by atoms with van der Waals surface area (Å²) in [5, 5.41) is 0. The molecule has 0 bridgehead atoms. The Kier molecular flexibility index (Phi) is 16.7. The van der Waals surface area contributed by atoms with E-state index in [1.807, 2.05) is 12.2 Å². The fourth-order valence-corrected chi connectivity index (χ4v) is 3.60. The van der Waals surface area contributed by atoms with Crippen molar-refractivity contribution in [1.29, 1.82) is 0 Å². The van der Waals surface area contributed by atoms with Crippen LogP contribution in [0.1, 0.15) is 82.1 Å². The van der Waals surface area contributed by atoms with Crippen LogP contribution < -0.4 is 0 Å². The van der Waals surface area contributed by atoms with Crippen molar-refractivity contribution in [2.75, 3.05) is 0 Å². The van der Waals surface area contributed by atoms with Gasteiger partial charge in [0.15, 0.2) is 0 Å². The molecule has 1 aliphatic heterocycles. The van der Waals surface area contributed by atoms with Crippen molar-refractivity contribution in [3.05, 3.63) is 102 Å². The molecule has 0 amide bonds. The molecule has 176 valence electrons. The summed E-state index contributed by atoms with van der Waals surface area (Å²) in [6.45, 7) is 14.4. The topological polar surface area (TPSA) is 25.3 Å². The molecule has 0 spiro atoms. The maximum absolute atomic E-state index is 10.8. The van der Waals surface area contributed by atoms with Crippen molar-refractivity contribution in [1.82, 2.24) is 0 Å². The Morgan fingerprint density at radius 2 is 1.12 bits per heavy atom. The Hall–Kier alpha value is -1.82. The van der Waals surface area contributed by atoms with Crippen LogP contribution in [0, 0.1) is 13.8 Å². The molecule has 0 saturated heterocycles. The number of hydrogen-bond donors (Lipinski definition) is 0. The van der Waals surface area contributed by atoms with E-state index in [9.17, 15) is 5.53 Å². The molecule has 0 atom stereocenters. The molecule has 0 fully saturated rings. The van der Waals surface area contributed by atoms with Gasteiger partial charge in [-0.05, 0) is 61.1 Å². The first-order chi connectivity index (χ1) is 15.2. The van der Waals surface area contributed by atoms with E-state index in [0.717, 1.165) is 35.4 Å². The average Bonchev–Trinajstić information content (AvgIpc) is 3.22. The van der Waals surface area contributed by atoms with E-state index < -0.39 is 0 Å². The summed E-state index contributed by atoms with van der Waals surface area (Å²) in [5.41, 5.74) is 17.3. The van der Waals surface area contributed by atoms with Crippen LogP contribution in [-0.4, -0.2) is 4.70 Å². The van der Waals surface area contributed by atoms with Crippen LogP contribution in [0.5, 0.6) is 0 Å². The maximum Gasteiger partial charge on any atom is 2.00 e. The third kappa shape index (κ3) is 8.97. The molecule has 0 radical (unpaired) electrons. The van der Waals surface area contributed by atoms with Gasteiger partial charge in [0.2, 0.25) is 11.4 Å². The van der Waals surface area contributed by atoms with E-state index in [0.29, 0.717) is 0 Å². The van der Waals surface area contributed by atoms with Gasteiger partial charge in [0.1, 0.15) is 0 Å². The molecule has 0 aromatic heterocycles. The summed E-state index contributed by atoms with van der Waals surface area (Å²) in [7, 11) is 0. The fraction of sp³-hybridized carbons (Fsp3) is 0.379. The predicted octanol–water partition coefficient (Wildman–Crippen LogP) is 8.87. The van der Waals surface area contributed by atoms with Crippen LogP contribution in [0.25, 0.3) is 16.9 Å². The molecule has 1 aliphatic rings. The first-order valence-corrected chi connectivity index (χ1v) is 11.7. The van der Waals surface area contributed by atoms with Gasteiger partial charge in [0, 0.05) is 23.3 Å². The van der Waals surface area contributed by atoms with E-state index in [2.05, 4.69) is 76.2 Å². The van der Waals surface area contributed by atoms with Crippen LogP contribution in [0.3, 0.4) is 0 Å². The molecule has 3 heteroatoms. The van der Waals surface area contributed by atoms with Crippen molar-refractivity contribution in [2.45, 2.75) is 72.6 Å². The molecule has 32 heavy (non-hydrogen) atoms. The molecule has 1 heterocycles. The van der Waals surface area contributed by atoms with E-state index in [1.54, 1.807) is 13.8 Å². The summed E-state index contributed by atoms with van der Waals surface area (Å²) < 4.78 is 1.34. The molecule has 2 aromatic carbocycles. The Bertz CT molecular complexity index is 865. The molecule has 0 N–H and O–H groups in total. The van der Waals surface area contributed by atoms with Gasteiger partial charge in [-0.3, -0.25) is 0 Å². The summed E-state index contributed by atoms with van der Waals surface area (Å²) in [6.07, 6.45) is 12.3. The van der Waals surface area contributed by atoms with E-state index in [-0.39, 0.29) is 20.4 Å². The van der Waals surface area contributed by atoms with E-state index >= 15 is 0 Å². The van der Waals surface area contributed by atoms with Gasteiger partial charge in [-0.2, -0.15) is 13.8 Å². The smallest absolute Gasteiger partial charge is 0.493 e. The molecule has 0 aliphatic carbocycles. The number of allylic oxidation sites excluding steroid dienone is 2. The number of nitrogens with zero attached hydrogens (tertiary/aromatic N) is 2. The first kappa shape index (κ1) is 30.2. The standard InChI is InChI=1S/C25H30N2.2C2H5.Pd/c1-3-5-7-11-21-13-9-15-23(19-21)25-17-16-24(27(25)26)22-14-8-12-20(18-22)10-6-4-2;2*1-2;/h8-9,12-19H,3-7,10-11H2,1-2H3;2*1H2,2H3;/q;2*-1;+2. The van der Waals surface area contributed by atoms with Crippen LogP contribution in [0.2, 0.25) is 0 Å². The molecular weight excluding hydrogens is 483 g/mol. The van der Waals surface area contributed by atoms with Crippen molar-refractivity contribution < 1.29 is 25.1 Å². The third-order valence-electron chi connectivity index (χ3n) is 5.19. The number of aryl methyl sites for hydroxylation is 2. The third-order valence-corrected chi connectivity index (χ3v) is 5.19. The number of benzene rings is 2. The zero-order valence-corrected chi connectivity index (χ0v) is 21.9. The van der Waals surface area contributed by atoms with Gasteiger partial charge in [-0.1, -0.05) is 57.4 Å². The first-order valence-electron chi connectivity index (χ1n) is 11.7. The molecule has 2 nitrogen and oxygen atoms in total. The van der Waals surface area contributed by atoms with Gasteiger partial charge in [-0.15, -0.1) is 0 Å². The number of unbranched alkanes of at least 4 members (excludes halogenated alkanes) is 3. The predicted molar refractivity (Wildman–Crippen MR) is 136 cm³/mol. The van der Waals surface area contributed by atoms with Crippen LogP contribution >= 0.6 is 0 Å². The van der Waals surface area contributed by atoms with E-state index in [1.165, 1.54) is 47.9 Å². The second-order valence-corrected chi connectivity index (χ2v) is 7.38. The minimum atomic E-state index is 0. The van der Waals surface area contributed by atoms with Gasteiger partial charge in [-0.25, -0.2) is 4.70 Å². The maximum atomic E-state index is 10.8. The fourth-order valence-electron chi connectivity index (χ4n) is 3.60. The summed E-state index contributed by atoms with van der Waals surface area (Å²) in [6, 6.07) is 17.1. The Labute approximate surface area is 211 Å². The zero-order valence-electron chi connectivity index (χ0n) is 20.3.